The molecule has 1 saturated carbocycles. The highest BCUT2D eigenvalue weighted by Crippen LogP contribution is 2.40. The van der Waals surface area contributed by atoms with Gasteiger partial charge >= 0.3 is 0 Å². The Kier molecular flexibility index (Phi) is 4.23. The highest BCUT2D eigenvalue weighted by molar-refractivity contribution is 6.06. The molecule has 1 aromatic heterocycles. The van der Waals surface area contributed by atoms with Crippen molar-refractivity contribution in [2.45, 2.75) is 32.1 Å². The molecule has 2 aliphatic rings. The molecular formula is C20H24N2O2. The molecule has 1 amide bonds. The molecule has 2 heterocycles. The molecule has 4 rings (SSSR count). The summed E-state index contributed by atoms with van der Waals surface area (Å²) in [6.07, 6.45) is 3.43. The summed E-state index contributed by atoms with van der Waals surface area (Å²) in [6.45, 7) is 5.16. The number of rotatable bonds is 5. The van der Waals surface area contributed by atoms with E-state index in [2.05, 4.69) is 6.92 Å². The monoisotopic (exact) mass is 324 g/mol. The molecule has 1 aromatic carbocycles. The van der Waals surface area contributed by atoms with Gasteiger partial charge in [-0.3, -0.25) is 9.78 Å². The summed E-state index contributed by atoms with van der Waals surface area (Å²) in [7, 11) is 0. The van der Waals surface area contributed by atoms with Crippen LogP contribution < -0.4 is 0 Å². The number of aromatic nitrogens is 1. The number of pyridine rings is 1. The highest BCUT2D eigenvalue weighted by Gasteiger charge is 2.28. The fraction of sp³-hybridized carbons (Fsp3) is 0.500. The van der Waals surface area contributed by atoms with Gasteiger partial charge in [0.05, 0.1) is 17.7 Å². The molecule has 2 aromatic rings. The van der Waals surface area contributed by atoms with Crippen molar-refractivity contribution in [1.82, 2.24) is 9.88 Å². The molecule has 1 aliphatic carbocycles. The summed E-state index contributed by atoms with van der Waals surface area (Å²) >= 11 is 0. The van der Waals surface area contributed by atoms with Crippen molar-refractivity contribution in [3.8, 4) is 0 Å². The average molecular weight is 324 g/mol. The van der Waals surface area contributed by atoms with Gasteiger partial charge in [-0.15, -0.1) is 0 Å². The maximum atomic E-state index is 13.2. The van der Waals surface area contributed by atoms with Gasteiger partial charge in [0.25, 0.3) is 5.91 Å². The van der Waals surface area contributed by atoms with Crippen LogP contribution in [-0.4, -0.2) is 42.1 Å². The Hall–Kier alpha value is -1.94. The Morgan fingerprint density at radius 3 is 2.83 bits per heavy atom. The molecule has 126 valence electrons. The minimum atomic E-state index is 0.130. The van der Waals surface area contributed by atoms with Gasteiger partial charge in [-0.2, -0.15) is 0 Å². The fourth-order valence-corrected chi connectivity index (χ4v) is 3.53. The lowest BCUT2D eigenvalue weighted by Gasteiger charge is -2.24. The van der Waals surface area contributed by atoms with Crippen LogP contribution in [0.5, 0.6) is 0 Å². The van der Waals surface area contributed by atoms with Gasteiger partial charge in [0, 0.05) is 42.6 Å². The molecule has 4 nitrogen and oxygen atoms in total. The van der Waals surface area contributed by atoms with Crippen molar-refractivity contribution in [3.05, 3.63) is 41.6 Å². The van der Waals surface area contributed by atoms with Gasteiger partial charge in [-0.25, -0.2) is 0 Å². The summed E-state index contributed by atoms with van der Waals surface area (Å²) < 4.78 is 5.47. The van der Waals surface area contributed by atoms with E-state index < -0.39 is 0 Å². The zero-order chi connectivity index (χ0) is 16.5. The summed E-state index contributed by atoms with van der Waals surface area (Å²) in [5.41, 5.74) is 2.83. The molecular weight excluding hydrogens is 300 g/mol. The highest BCUT2D eigenvalue weighted by atomic mass is 16.5. The number of carbonyl (C=O) groups excluding carboxylic acids is 1. The SMILES string of the molecule is CCN(CC1CCOC1)C(=O)c1cc(C2CC2)nc2ccccc12. The van der Waals surface area contributed by atoms with E-state index in [0.717, 1.165) is 54.9 Å². The van der Waals surface area contributed by atoms with Crippen molar-refractivity contribution in [2.75, 3.05) is 26.3 Å². The van der Waals surface area contributed by atoms with E-state index in [1.807, 2.05) is 35.2 Å². The molecule has 0 N–H and O–H groups in total. The standard InChI is InChI=1S/C20H24N2O2/c1-2-22(12-14-9-10-24-13-14)20(23)17-11-19(15-7-8-15)21-18-6-4-3-5-16(17)18/h3-6,11,14-15H,2,7-10,12-13H2,1H3. The van der Waals surface area contributed by atoms with E-state index in [1.165, 1.54) is 12.8 Å². The van der Waals surface area contributed by atoms with Gasteiger partial charge < -0.3 is 9.64 Å². The predicted octanol–water partition coefficient (Wildman–Crippen LogP) is 3.61. The van der Waals surface area contributed by atoms with Crippen molar-refractivity contribution in [3.63, 3.8) is 0 Å². The zero-order valence-electron chi connectivity index (χ0n) is 14.2. The maximum absolute atomic E-state index is 13.2. The van der Waals surface area contributed by atoms with Crippen molar-refractivity contribution in [1.29, 1.82) is 0 Å². The van der Waals surface area contributed by atoms with Crippen LogP contribution in [0.2, 0.25) is 0 Å². The molecule has 24 heavy (non-hydrogen) atoms. The molecule has 0 bridgehead atoms. The van der Waals surface area contributed by atoms with Crippen LogP contribution in [0.4, 0.5) is 0 Å². The third-order valence-electron chi connectivity index (χ3n) is 5.13. The minimum Gasteiger partial charge on any atom is -0.381 e. The lowest BCUT2D eigenvalue weighted by molar-refractivity contribution is 0.0732. The first-order valence-electron chi connectivity index (χ1n) is 9.03. The number of ether oxygens (including phenoxy) is 1. The average Bonchev–Trinajstić information content (AvgIpc) is 3.35. The van der Waals surface area contributed by atoms with Crippen LogP contribution in [0.25, 0.3) is 10.9 Å². The summed E-state index contributed by atoms with van der Waals surface area (Å²) in [5, 5.41) is 0.966. The van der Waals surface area contributed by atoms with E-state index >= 15 is 0 Å². The molecule has 1 atom stereocenters. The van der Waals surface area contributed by atoms with E-state index in [-0.39, 0.29) is 5.91 Å². The normalized spacial score (nSPS) is 20.5. The topological polar surface area (TPSA) is 42.4 Å². The Bertz CT molecular complexity index is 748. The van der Waals surface area contributed by atoms with Crippen LogP contribution >= 0.6 is 0 Å². The molecule has 0 spiro atoms. The van der Waals surface area contributed by atoms with Crippen LogP contribution in [0.1, 0.15) is 48.2 Å². The smallest absolute Gasteiger partial charge is 0.254 e. The van der Waals surface area contributed by atoms with Crippen molar-refractivity contribution >= 4 is 16.8 Å². The summed E-state index contributed by atoms with van der Waals surface area (Å²) in [6, 6.07) is 10.0. The van der Waals surface area contributed by atoms with Gasteiger partial charge in [0.2, 0.25) is 0 Å². The molecule has 2 fully saturated rings. The van der Waals surface area contributed by atoms with Gasteiger partial charge in [-0.1, -0.05) is 18.2 Å². The third kappa shape index (κ3) is 3.03. The van der Waals surface area contributed by atoms with Crippen molar-refractivity contribution < 1.29 is 9.53 Å². The molecule has 4 heteroatoms. The number of para-hydroxylation sites is 1. The Balaban J connectivity index is 1.68. The Labute approximate surface area is 142 Å². The van der Waals surface area contributed by atoms with Crippen LogP contribution in [0.15, 0.2) is 30.3 Å². The molecule has 1 saturated heterocycles. The Morgan fingerprint density at radius 2 is 2.12 bits per heavy atom. The first kappa shape index (κ1) is 15.6. The lowest BCUT2D eigenvalue weighted by Crippen LogP contribution is -2.35. The number of benzene rings is 1. The van der Waals surface area contributed by atoms with Gasteiger partial charge in [0.15, 0.2) is 0 Å². The number of hydrogen-bond donors (Lipinski definition) is 0. The third-order valence-corrected chi connectivity index (χ3v) is 5.13. The lowest BCUT2D eigenvalue weighted by atomic mass is 10.0. The number of nitrogens with zero attached hydrogens (tertiary/aromatic N) is 2. The largest absolute Gasteiger partial charge is 0.381 e. The van der Waals surface area contributed by atoms with E-state index in [4.69, 9.17) is 9.72 Å². The quantitative estimate of drug-likeness (QED) is 0.844. The van der Waals surface area contributed by atoms with E-state index in [1.54, 1.807) is 0 Å². The van der Waals surface area contributed by atoms with Crippen LogP contribution in [-0.2, 0) is 4.74 Å². The van der Waals surface area contributed by atoms with Gasteiger partial charge in [-0.05, 0) is 38.3 Å². The number of fused-ring (bicyclic) bond motifs is 1. The predicted molar refractivity (Wildman–Crippen MR) is 94.2 cm³/mol. The van der Waals surface area contributed by atoms with Gasteiger partial charge in [0.1, 0.15) is 0 Å². The number of amides is 1. The minimum absolute atomic E-state index is 0.130. The zero-order valence-corrected chi connectivity index (χ0v) is 14.2. The van der Waals surface area contributed by atoms with E-state index in [9.17, 15) is 4.79 Å². The molecule has 0 radical (unpaired) electrons. The summed E-state index contributed by atoms with van der Waals surface area (Å²) in [4.78, 5) is 20.0. The summed E-state index contributed by atoms with van der Waals surface area (Å²) in [5.74, 6) is 1.13. The van der Waals surface area contributed by atoms with Crippen LogP contribution in [0.3, 0.4) is 0 Å². The number of carbonyl (C=O) groups is 1. The first-order valence-corrected chi connectivity index (χ1v) is 9.03. The maximum Gasteiger partial charge on any atom is 0.254 e. The molecule has 1 unspecified atom stereocenters. The number of hydrogen-bond acceptors (Lipinski definition) is 3. The fourth-order valence-electron chi connectivity index (χ4n) is 3.53. The van der Waals surface area contributed by atoms with E-state index in [0.29, 0.717) is 11.8 Å². The first-order chi connectivity index (χ1) is 11.8. The second-order valence-electron chi connectivity index (χ2n) is 6.96. The van der Waals surface area contributed by atoms with Crippen molar-refractivity contribution in [2.24, 2.45) is 5.92 Å². The molecule has 1 aliphatic heterocycles. The van der Waals surface area contributed by atoms with Crippen LogP contribution in [0, 0.1) is 5.92 Å². The Morgan fingerprint density at radius 1 is 1.29 bits per heavy atom. The second-order valence-corrected chi connectivity index (χ2v) is 6.96. The second kappa shape index (κ2) is 6.52.